The van der Waals surface area contributed by atoms with E-state index in [1.165, 1.54) is 0 Å². The van der Waals surface area contributed by atoms with E-state index in [2.05, 4.69) is 4.98 Å². The Labute approximate surface area is 131 Å². The van der Waals surface area contributed by atoms with E-state index in [0.29, 0.717) is 28.5 Å². The predicted molar refractivity (Wildman–Crippen MR) is 82.0 cm³/mol. The Morgan fingerprint density at radius 3 is 2.91 bits per heavy atom. The number of pyridine rings is 1. The summed E-state index contributed by atoms with van der Waals surface area (Å²) < 4.78 is 16.6. The third-order valence-corrected chi connectivity index (χ3v) is 4.40. The number of aromatic nitrogens is 1. The van der Waals surface area contributed by atoms with Gasteiger partial charge in [0.25, 0.3) is 11.5 Å². The first-order chi connectivity index (χ1) is 11.3. The topological polar surface area (TPSA) is 58.9 Å². The fourth-order valence-corrected chi connectivity index (χ4v) is 3.38. The third-order valence-electron chi connectivity index (χ3n) is 4.40. The molecule has 0 saturated heterocycles. The fraction of sp³-hybridized carbons (Fsp3) is 0.111. The number of H-pyrrole nitrogens is 1. The first-order valence-electron chi connectivity index (χ1n) is 7.28. The van der Waals surface area contributed by atoms with E-state index in [4.69, 9.17) is 14.2 Å². The van der Waals surface area contributed by atoms with Crippen LogP contribution in [0.5, 0.6) is 17.2 Å². The maximum atomic E-state index is 12.9. The molecule has 1 aromatic heterocycles. The van der Waals surface area contributed by atoms with E-state index in [-0.39, 0.29) is 12.6 Å². The molecule has 1 N–H and O–H groups in total. The quantitative estimate of drug-likeness (QED) is 0.542. The summed E-state index contributed by atoms with van der Waals surface area (Å²) in [4.78, 5) is 15.9. The maximum absolute atomic E-state index is 12.9. The van der Waals surface area contributed by atoms with Crippen LogP contribution in [0.2, 0.25) is 0 Å². The summed E-state index contributed by atoms with van der Waals surface area (Å²) in [5, 5.41) is 1.81. The van der Waals surface area contributed by atoms with Crippen LogP contribution in [0, 0.1) is 0 Å². The molecule has 0 radical (unpaired) electrons. The normalized spacial score (nSPS) is 14.0. The Kier molecular flexibility index (Phi) is 2.29. The van der Waals surface area contributed by atoms with Crippen molar-refractivity contribution in [3.63, 3.8) is 0 Å². The summed E-state index contributed by atoms with van der Waals surface area (Å²) in [6.45, 7) is 0.185. The summed E-state index contributed by atoms with van der Waals surface area (Å²) in [6, 6.07) is 9.31. The molecule has 3 aromatic rings. The number of ketones is 1. The molecule has 1 aliphatic carbocycles. The van der Waals surface area contributed by atoms with Crippen molar-refractivity contribution < 1.29 is 24.0 Å². The molecule has 0 fully saturated rings. The molecular weight excluding hydrogens is 294 g/mol. The lowest BCUT2D eigenvalue weighted by molar-refractivity contribution is -0.379. The lowest BCUT2D eigenvalue weighted by Crippen LogP contribution is -2.21. The van der Waals surface area contributed by atoms with Crippen LogP contribution in [-0.2, 0) is 0 Å². The lowest BCUT2D eigenvalue weighted by atomic mass is 9.84. The van der Waals surface area contributed by atoms with Gasteiger partial charge in [0.15, 0.2) is 17.7 Å². The van der Waals surface area contributed by atoms with Gasteiger partial charge in [-0.2, -0.15) is 0 Å². The zero-order chi connectivity index (χ0) is 15.6. The predicted octanol–water partition coefficient (Wildman–Crippen LogP) is 2.60. The molecule has 2 heterocycles. The smallest absolute Gasteiger partial charge is 0.260 e. The molecule has 5 nitrogen and oxygen atoms in total. The second kappa shape index (κ2) is 4.23. The highest BCUT2D eigenvalue weighted by Gasteiger charge is 2.35. The largest absolute Gasteiger partial charge is 0.497 e. The van der Waals surface area contributed by atoms with Crippen molar-refractivity contribution in [2.45, 2.75) is 0 Å². The number of nitrogens with one attached hydrogen (secondary N) is 1. The number of benzene rings is 2. The van der Waals surface area contributed by atoms with E-state index in [9.17, 15) is 4.79 Å². The second-order valence-electron chi connectivity index (χ2n) is 5.54. The molecule has 5 rings (SSSR count). The van der Waals surface area contributed by atoms with Gasteiger partial charge in [0.2, 0.25) is 6.79 Å². The van der Waals surface area contributed by atoms with Gasteiger partial charge in [-0.25, -0.2) is 4.98 Å². The van der Waals surface area contributed by atoms with Gasteiger partial charge in [-0.3, -0.25) is 4.79 Å². The molecular formula is C18H12NO4+. The Morgan fingerprint density at radius 1 is 1.13 bits per heavy atom. The highest BCUT2D eigenvalue weighted by molar-refractivity contribution is 6.25. The van der Waals surface area contributed by atoms with Gasteiger partial charge in [0, 0.05) is 22.8 Å². The molecule has 0 unspecified atom stereocenters. The Balaban J connectivity index is 2.00. The molecule has 2 aliphatic rings. The first-order valence-corrected chi connectivity index (χ1v) is 7.28. The van der Waals surface area contributed by atoms with E-state index >= 15 is 0 Å². The minimum atomic E-state index is -0.0281. The summed E-state index contributed by atoms with van der Waals surface area (Å²) >= 11 is 0. The van der Waals surface area contributed by atoms with Crippen LogP contribution in [0.15, 0.2) is 36.5 Å². The van der Waals surface area contributed by atoms with Crippen LogP contribution in [0.1, 0.15) is 16.1 Å². The number of aromatic amines is 1. The lowest BCUT2D eigenvalue weighted by Gasteiger charge is -2.18. The number of carbonyl (C=O) groups excluding carboxylic acids is 1. The molecule has 1 aliphatic heterocycles. The average molecular weight is 306 g/mol. The molecule has 0 spiro atoms. The molecule has 0 bridgehead atoms. The van der Waals surface area contributed by atoms with E-state index in [1.807, 2.05) is 18.2 Å². The van der Waals surface area contributed by atoms with Crippen LogP contribution in [-0.4, -0.2) is 19.7 Å². The standard InChI is InChI=1S/C18H11NO4/c1-21-10-2-3-11-12(7-10)15-14-9(4-5-19-16(14)17(11)20)6-13-18(15)23-8-22-13/h2-7H,8H2,1H3/p+1. The molecule has 0 atom stereocenters. The van der Waals surface area contributed by atoms with E-state index < -0.39 is 0 Å². The number of rotatable bonds is 1. The fourth-order valence-electron chi connectivity index (χ4n) is 3.38. The monoisotopic (exact) mass is 306 g/mol. The summed E-state index contributed by atoms with van der Waals surface area (Å²) in [6.07, 6.45) is 1.77. The first kappa shape index (κ1) is 12.5. The van der Waals surface area contributed by atoms with Crippen molar-refractivity contribution in [2.75, 3.05) is 13.9 Å². The highest BCUT2D eigenvalue weighted by atomic mass is 16.7. The van der Waals surface area contributed by atoms with Crippen molar-refractivity contribution >= 4 is 16.6 Å². The Hall–Kier alpha value is -3.08. The minimum Gasteiger partial charge on any atom is -0.497 e. The van der Waals surface area contributed by atoms with Gasteiger partial charge in [-0.05, 0) is 29.7 Å². The molecule has 0 saturated carbocycles. The van der Waals surface area contributed by atoms with Gasteiger partial charge >= 0.3 is 0 Å². The highest BCUT2D eigenvalue weighted by Crippen LogP contribution is 2.50. The molecule has 5 heteroatoms. The van der Waals surface area contributed by atoms with Gasteiger partial charge in [-0.1, -0.05) is 0 Å². The maximum Gasteiger partial charge on any atom is 0.260 e. The van der Waals surface area contributed by atoms with Crippen LogP contribution in [0.4, 0.5) is 0 Å². The van der Waals surface area contributed by atoms with Gasteiger partial charge in [0.1, 0.15) is 5.75 Å². The third kappa shape index (κ3) is 1.51. The van der Waals surface area contributed by atoms with Crippen molar-refractivity contribution in [2.24, 2.45) is 0 Å². The number of fused-ring (bicyclic) bond motifs is 4. The van der Waals surface area contributed by atoms with Gasteiger partial charge in [0.05, 0.1) is 12.5 Å². The van der Waals surface area contributed by atoms with Crippen LogP contribution in [0.25, 0.3) is 21.9 Å². The average Bonchev–Trinajstić information content (AvgIpc) is 3.05. The van der Waals surface area contributed by atoms with Crippen molar-refractivity contribution in [3.05, 3.63) is 47.8 Å². The summed E-state index contributed by atoms with van der Waals surface area (Å²) in [5.74, 6) is 2.05. The Morgan fingerprint density at radius 2 is 2.04 bits per heavy atom. The SMILES string of the molecule is COc1ccc2c(c1)-c1c3c(cc4cc[nH+]c(c14)C2=O)OCO3. The zero-order valence-electron chi connectivity index (χ0n) is 12.3. The minimum absolute atomic E-state index is 0.0281. The van der Waals surface area contributed by atoms with Crippen molar-refractivity contribution in [1.29, 1.82) is 0 Å². The van der Waals surface area contributed by atoms with E-state index in [0.717, 1.165) is 21.9 Å². The number of ether oxygens (including phenoxy) is 3. The second-order valence-corrected chi connectivity index (χ2v) is 5.54. The molecule has 0 amide bonds. The number of hydrogen-bond acceptors (Lipinski definition) is 4. The number of carbonyl (C=O) groups is 1. The van der Waals surface area contributed by atoms with Gasteiger partial charge in [-0.15, -0.1) is 0 Å². The Bertz CT molecular complexity index is 1010. The van der Waals surface area contributed by atoms with Crippen molar-refractivity contribution in [1.82, 2.24) is 0 Å². The molecule has 112 valence electrons. The van der Waals surface area contributed by atoms with Crippen LogP contribution < -0.4 is 19.2 Å². The summed E-state index contributed by atoms with van der Waals surface area (Å²) in [7, 11) is 1.61. The van der Waals surface area contributed by atoms with Gasteiger partial charge < -0.3 is 14.2 Å². The number of methoxy groups -OCH3 is 1. The van der Waals surface area contributed by atoms with Crippen LogP contribution >= 0.6 is 0 Å². The van der Waals surface area contributed by atoms with E-state index in [1.54, 1.807) is 25.4 Å². The number of hydrogen-bond donors (Lipinski definition) is 0. The molecule has 23 heavy (non-hydrogen) atoms. The molecule has 2 aromatic carbocycles. The zero-order valence-corrected chi connectivity index (χ0v) is 12.3. The summed E-state index contributed by atoms with van der Waals surface area (Å²) in [5.41, 5.74) is 2.91. The van der Waals surface area contributed by atoms with Crippen molar-refractivity contribution in [3.8, 4) is 28.4 Å². The van der Waals surface area contributed by atoms with Crippen LogP contribution in [0.3, 0.4) is 0 Å².